The van der Waals surface area contributed by atoms with Crippen LogP contribution in [-0.2, 0) is 0 Å². The summed E-state index contributed by atoms with van der Waals surface area (Å²) in [6.07, 6.45) is 1.72. The summed E-state index contributed by atoms with van der Waals surface area (Å²) in [5.41, 5.74) is 3.12. The van der Waals surface area contributed by atoms with Crippen molar-refractivity contribution in [2.24, 2.45) is 0 Å². The zero-order valence-corrected chi connectivity index (χ0v) is 13.6. The first-order valence-electron chi connectivity index (χ1n) is 6.98. The zero-order valence-electron chi connectivity index (χ0n) is 12.8. The van der Waals surface area contributed by atoms with Gasteiger partial charge in [-0.3, -0.25) is 4.79 Å². The van der Waals surface area contributed by atoms with E-state index in [0.717, 1.165) is 9.92 Å². The van der Waals surface area contributed by atoms with E-state index in [-0.39, 0.29) is 11.9 Å². The van der Waals surface area contributed by atoms with Gasteiger partial charge in [0.05, 0.1) is 5.56 Å². The van der Waals surface area contributed by atoms with Crippen LogP contribution in [-0.4, -0.2) is 16.9 Å². The molecule has 4 heteroatoms. The molecule has 1 N–H and O–H groups in total. The van der Waals surface area contributed by atoms with Gasteiger partial charge >= 0.3 is 0 Å². The highest BCUT2D eigenvalue weighted by atomic mass is 32.2. The Balaban J connectivity index is 2.27. The number of hydrogen-bond acceptors (Lipinski definition) is 3. The van der Waals surface area contributed by atoms with Gasteiger partial charge in [0.2, 0.25) is 0 Å². The third kappa shape index (κ3) is 4.08. The van der Waals surface area contributed by atoms with Gasteiger partial charge in [-0.05, 0) is 63.1 Å². The molecule has 1 heterocycles. The predicted molar refractivity (Wildman–Crippen MR) is 86.9 cm³/mol. The summed E-state index contributed by atoms with van der Waals surface area (Å²) in [7, 11) is 0. The summed E-state index contributed by atoms with van der Waals surface area (Å²) in [6, 6.07) is 9.99. The van der Waals surface area contributed by atoms with Crippen LogP contribution >= 0.6 is 11.8 Å². The van der Waals surface area contributed by atoms with Crippen LogP contribution in [0.4, 0.5) is 0 Å². The summed E-state index contributed by atoms with van der Waals surface area (Å²) in [6.45, 7) is 8.07. The van der Waals surface area contributed by atoms with Gasteiger partial charge in [0.25, 0.3) is 5.91 Å². The fourth-order valence-corrected chi connectivity index (χ4v) is 2.85. The zero-order chi connectivity index (χ0) is 15.4. The third-order valence-corrected chi connectivity index (χ3v) is 4.14. The van der Waals surface area contributed by atoms with Crippen molar-refractivity contribution < 1.29 is 4.79 Å². The van der Waals surface area contributed by atoms with Crippen molar-refractivity contribution in [2.45, 2.75) is 43.7 Å². The van der Waals surface area contributed by atoms with E-state index < -0.39 is 0 Å². The maximum absolute atomic E-state index is 12.2. The van der Waals surface area contributed by atoms with Crippen LogP contribution in [0.3, 0.4) is 0 Å². The molecule has 110 valence electrons. The number of benzene rings is 1. The Kier molecular flexibility index (Phi) is 5.02. The Labute approximate surface area is 130 Å². The van der Waals surface area contributed by atoms with E-state index in [4.69, 9.17) is 0 Å². The standard InChI is InChI=1S/C17H20N2OS/c1-11(2)19-16(20)15-6-5-9-18-17(15)21-14-8-7-12(3)13(4)10-14/h5-11H,1-4H3,(H,19,20). The Hall–Kier alpha value is -1.81. The van der Waals surface area contributed by atoms with E-state index in [1.54, 1.807) is 12.3 Å². The first-order valence-corrected chi connectivity index (χ1v) is 7.80. The van der Waals surface area contributed by atoms with Crippen molar-refractivity contribution in [1.82, 2.24) is 10.3 Å². The van der Waals surface area contributed by atoms with E-state index in [0.29, 0.717) is 5.56 Å². The Bertz CT molecular complexity index is 653. The molecule has 0 fully saturated rings. The molecule has 0 radical (unpaired) electrons. The SMILES string of the molecule is Cc1ccc(Sc2ncccc2C(=O)NC(C)C)cc1C. The molecular weight excluding hydrogens is 280 g/mol. The number of rotatable bonds is 4. The van der Waals surface area contributed by atoms with Gasteiger partial charge in [0.1, 0.15) is 5.03 Å². The van der Waals surface area contributed by atoms with Crippen molar-refractivity contribution in [1.29, 1.82) is 0 Å². The molecule has 2 aromatic rings. The van der Waals surface area contributed by atoms with Gasteiger partial charge in [0, 0.05) is 17.1 Å². The molecule has 2 rings (SSSR count). The van der Waals surface area contributed by atoms with E-state index in [2.05, 4.69) is 42.3 Å². The molecule has 3 nitrogen and oxygen atoms in total. The lowest BCUT2D eigenvalue weighted by molar-refractivity contribution is 0.0939. The lowest BCUT2D eigenvalue weighted by atomic mass is 10.1. The van der Waals surface area contributed by atoms with Crippen molar-refractivity contribution >= 4 is 17.7 Å². The molecule has 0 aliphatic heterocycles. The second-order valence-electron chi connectivity index (χ2n) is 5.33. The first-order chi connectivity index (χ1) is 9.97. The van der Waals surface area contributed by atoms with Gasteiger partial charge < -0.3 is 5.32 Å². The van der Waals surface area contributed by atoms with E-state index in [1.807, 2.05) is 19.9 Å². The molecule has 0 saturated carbocycles. The number of nitrogens with zero attached hydrogens (tertiary/aromatic N) is 1. The van der Waals surface area contributed by atoms with Crippen molar-refractivity contribution in [3.8, 4) is 0 Å². The molecule has 1 aromatic carbocycles. The Morgan fingerprint density at radius 2 is 1.95 bits per heavy atom. The summed E-state index contributed by atoms with van der Waals surface area (Å²) in [5, 5.41) is 3.65. The largest absolute Gasteiger partial charge is 0.350 e. The minimum Gasteiger partial charge on any atom is -0.350 e. The topological polar surface area (TPSA) is 42.0 Å². The van der Waals surface area contributed by atoms with Crippen LogP contribution in [0.1, 0.15) is 35.3 Å². The third-order valence-electron chi connectivity index (χ3n) is 3.13. The number of nitrogens with one attached hydrogen (secondary N) is 1. The first kappa shape index (κ1) is 15.6. The maximum Gasteiger partial charge on any atom is 0.254 e. The summed E-state index contributed by atoms with van der Waals surface area (Å²) in [4.78, 5) is 17.7. The lowest BCUT2D eigenvalue weighted by Gasteiger charge is -2.11. The average Bonchev–Trinajstić information content (AvgIpc) is 2.43. The number of aromatic nitrogens is 1. The molecule has 0 atom stereocenters. The maximum atomic E-state index is 12.2. The van der Waals surface area contributed by atoms with Crippen LogP contribution in [0.2, 0.25) is 0 Å². The Morgan fingerprint density at radius 1 is 1.19 bits per heavy atom. The normalized spacial score (nSPS) is 10.7. The molecule has 0 spiro atoms. The second-order valence-corrected chi connectivity index (χ2v) is 6.39. The van der Waals surface area contributed by atoms with E-state index >= 15 is 0 Å². The van der Waals surface area contributed by atoms with Gasteiger partial charge in [-0.25, -0.2) is 4.98 Å². The summed E-state index contributed by atoms with van der Waals surface area (Å²) >= 11 is 1.52. The lowest BCUT2D eigenvalue weighted by Crippen LogP contribution is -2.30. The van der Waals surface area contributed by atoms with Gasteiger partial charge in [-0.1, -0.05) is 17.8 Å². The second kappa shape index (κ2) is 6.76. The summed E-state index contributed by atoms with van der Waals surface area (Å²) in [5.74, 6) is -0.0792. The number of amides is 1. The van der Waals surface area contributed by atoms with Crippen LogP contribution in [0, 0.1) is 13.8 Å². The number of aryl methyl sites for hydroxylation is 2. The van der Waals surface area contributed by atoms with Crippen molar-refractivity contribution in [3.63, 3.8) is 0 Å². The highest BCUT2D eigenvalue weighted by Gasteiger charge is 2.14. The van der Waals surface area contributed by atoms with Crippen LogP contribution in [0.15, 0.2) is 46.5 Å². The van der Waals surface area contributed by atoms with Gasteiger partial charge in [0.15, 0.2) is 0 Å². The molecule has 0 bridgehead atoms. The highest BCUT2D eigenvalue weighted by Crippen LogP contribution is 2.29. The van der Waals surface area contributed by atoms with Crippen molar-refractivity contribution in [3.05, 3.63) is 53.2 Å². The number of pyridine rings is 1. The summed E-state index contributed by atoms with van der Waals surface area (Å²) < 4.78 is 0. The molecule has 0 aliphatic rings. The monoisotopic (exact) mass is 300 g/mol. The molecular formula is C17H20N2OS. The van der Waals surface area contributed by atoms with E-state index in [1.165, 1.54) is 22.9 Å². The minimum absolute atomic E-state index is 0.0792. The molecule has 0 saturated heterocycles. The highest BCUT2D eigenvalue weighted by molar-refractivity contribution is 7.99. The van der Waals surface area contributed by atoms with Crippen LogP contribution in [0.5, 0.6) is 0 Å². The average molecular weight is 300 g/mol. The number of carbonyl (C=O) groups excluding carboxylic acids is 1. The number of carbonyl (C=O) groups is 1. The fraction of sp³-hybridized carbons (Fsp3) is 0.294. The predicted octanol–water partition coefficient (Wildman–Crippen LogP) is 3.99. The molecule has 1 amide bonds. The van der Waals surface area contributed by atoms with Gasteiger partial charge in [-0.15, -0.1) is 0 Å². The Morgan fingerprint density at radius 3 is 2.62 bits per heavy atom. The van der Waals surface area contributed by atoms with Gasteiger partial charge in [-0.2, -0.15) is 0 Å². The molecule has 1 aromatic heterocycles. The van der Waals surface area contributed by atoms with E-state index in [9.17, 15) is 4.79 Å². The number of hydrogen-bond donors (Lipinski definition) is 1. The van der Waals surface area contributed by atoms with Crippen LogP contribution < -0.4 is 5.32 Å². The minimum atomic E-state index is -0.0792. The van der Waals surface area contributed by atoms with Crippen LogP contribution in [0.25, 0.3) is 0 Å². The smallest absolute Gasteiger partial charge is 0.254 e. The quantitative estimate of drug-likeness (QED) is 0.928. The molecule has 21 heavy (non-hydrogen) atoms. The molecule has 0 aliphatic carbocycles. The fourth-order valence-electron chi connectivity index (χ4n) is 1.87. The molecule has 0 unspecified atom stereocenters. The van der Waals surface area contributed by atoms with Crippen molar-refractivity contribution in [2.75, 3.05) is 0 Å².